The lowest BCUT2D eigenvalue weighted by Gasteiger charge is -2.18. The van der Waals surface area contributed by atoms with Crippen LogP contribution in [0.3, 0.4) is 0 Å². The number of hydrogen-bond acceptors (Lipinski definition) is 3. The van der Waals surface area contributed by atoms with E-state index in [0.29, 0.717) is 6.61 Å². The Morgan fingerprint density at radius 2 is 2.19 bits per heavy atom. The number of ether oxygens (including phenoxy) is 1. The van der Waals surface area contributed by atoms with Gasteiger partial charge in [-0.25, -0.2) is 4.39 Å². The van der Waals surface area contributed by atoms with Crippen molar-refractivity contribution in [3.8, 4) is 0 Å². The first-order valence-corrected chi connectivity index (χ1v) is 5.60. The van der Waals surface area contributed by atoms with Crippen molar-refractivity contribution in [2.24, 2.45) is 0 Å². The number of rotatable bonds is 6. The van der Waals surface area contributed by atoms with Gasteiger partial charge in [0.2, 0.25) is 0 Å². The second-order valence-electron chi connectivity index (χ2n) is 3.89. The SMILES string of the molecule is CCNC(COC(C)C)c1ccc(F)cn1. The average Bonchev–Trinajstić information content (AvgIpc) is 2.25. The zero-order valence-electron chi connectivity index (χ0n) is 10.0. The third kappa shape index (κ3) is 4.24. The number of nitrogens with zero attached hydrogens (tertiary/aromatic N) is 1. The van der Waals surface area contributed by atoms with Crippen LogP contribution in [0.1, 0.15) is 32.5 Å². The predicted octanol–water partition coefficient (Wildman–Crippen LogP) is 2.30. The molecule has 0 aliphatic heterocycles. The molecule has 1 aromatic rings. The van der Waals surface area contributed by atoms with E-state index in [4.69, 9.17) is 4.74 Å². The van der Waals surface area contributed by atoms with Crippen LogP contribution >= 0.6 is 0 Å². The van der Waals surface area contributed by atoms with E-state index in [1.807, 2.05) is 20.8 Å². The summed E-state index contributed by atoms with van der Waals surface area (Å²) >= 11 is 0. The molecule has 1 atom stereocenters. The van der Waals surface area contributed by atoms with Crippen molar-refractivity contribution in [2.45, 2.75) is 32.9 Å². The van der Waals surface area contributed by atoms with Gasteiger partial charge in [-0.3, -0.25) is 4.98 Å². The number of hydrogen-bond donors (Lipinski definition) is 1. The monoisotopic (exact) mass is 226 g/mol. The number of pyridine rings is 1. The van der Waals surface area contributed by atoms with Crippen LogP contribution in [0.5, 0.6) is 0 Å². The van der Waals surface area contributed by atoms with Gasteiger partial charge in [-0.15, -0.1) is 0 Å². The fourth-order valence-electron chi connectivity index (χ4n) is 1.38. The molecule has 4 heteroatoms. The Bertz CT molecular complexity index is 300. The molecule has 1 heterocycles. The molecular weight excluding hydrogens is 207 g/mol. The van der Waals surface area contributed by atoms with Crippen molar-refractivity contribution in [3.63, 3.8) is 0 Å². The molecule has 0 aromatic carbocycles. The van der Waals surface area contributed by atoms with E-state index in [-0.39, 0.29) is 18.0 Å². The second-order valence-corrected chi connectivity index (χ2v) is 3.89. The molecule has 0 bridgehead atoms. The minimum atomic E-state index is -0.316. The summed E-state index contributed by atoms with van der Waals surface area (Å²) in [4.78, 5) is 4.06. The largest absolute Gasteiger partial charge is 0.377 e. The summed E-state index contributed by atoms with van der Waals surface area (Å²) in [6.45, 7) is 7.36. The van der Waals surface area contributed by atoms with Crippen LogP contribution in [0.2, 0.25) is 0 Å². The highest BCUT2D eigenvalue weighted by molar-refractivity contribution is 5.09. The van der Waals surface area contributed by atoms with Crippen molar-refractivity contribution in [3.05, 3.63) is 29.8 Å². The minimum Gasteiger partial charge on any atom is -0.377 e. The summed E-state index contributed by atoms with van der Waals surface area (Å²) < 4.78 is 18.3. The molecule has 1 N–H and O–H groups in total. The first-order chi connectivity index (χ1) is 7.63. The summed E-state index contributed by atoms with van der Waals surface area (Å²) in [5.74, 6) is -0.316. The molecule has 0 fully saturated rings. The van der Waals surface area contributed by atoms with Gasteiger partial charge in [0.25, 0.3) is 0 Å². The number of aromatic nitrogens is 1. The van der Waals surface area contributed by atoms with Crippen LogP contribution in [-0.2, 0) is 4.74 Å². The number of likely N-dealkylation sites (N-methyl/N-ethyl adjacent to an activating group) is 1. The predicted molar refractivity (Wildman–Crippen MR) is 61.7 cm³/mol. The first kappa shape index (κ1) is 13.1. The van der Waals surface area contributed by atoms with E-state index in [9.17, 15) is 4.39 Å². The van der Waals surface area contributed by atoms with Crippen molar-refractivity contribution in [1.82, 2.24) is 10.3 Å². The molecule has 0 spiro atoms. The molecule has 1 aromatic heterocycles. The maximum atomic E-state index is 12.7. The van der Waals surface area contributed by atoms with Gasteiger partial charge in [0.1, 0.15) is 5.82 Å². The van der Waals surface area contributed by atoms with E-state index in [1.165, 1.54) is 12.3 Å². The normalized spacial score (nSPS) is 13.1. The van der Waals surface area contributed by atoms with Crippen LogP contribution in [0.4, 0.5) is 4.39 Å². The van der Waals surface area contributed by atoms with Crippen molar-refractivity contribution in [2.75, 3.05) is 13.2 Å². The standard InChI is InChI=1S/C12H19FN2O/c1-4-14-12(8-16-9(2)3)11-6-5-10(13)7-15-11/h5-7,9,12,14H,4,8H2,1-3H3. The summed E-state index contributed by atoms with van der Waals surface area (Å²) in [5, 5.41) is 3.26. The summed E-state index contributed by atoms with van der Waals surface area (Å²) in [6, 6.07) is 3.13. The van der Waals surface area contributed by atoms with E-state index in [1.54, 1.807) is 6.07 Å². The van der Waals surface area contributed by atoms with Gasteiger partial charge in [0.05, 0.1) is 30.6 Å². The highest BCUT2D eigenvalue weighted by Gasteiger charge is 2.12. The van der Waals surface area contributed by atoms with Gasteiger partial charge in [-0.2, -0.15) is 0 Å². The lowest BCUT2D eigenvalue weighted by atomic mass is 10.2. The lowest BCUT2D eigenvalue weighted by Crippen LogP contribution is -2.27. The van der Waals surface area contributed by atoms with Gasteiger partial charge >= 0.3 is 0 Å². The smallest absolute Gasteiger partial charge is 0.141 e. The molecule has 0 radical (unpaired) electrons. The highest BCUT2D eigenvalue weighted by Crippen LogP contribution is 2.11. The number of nitrogens with one attached hydrogen (secondary N) is 1. The van der Waals surface area contributed by atoms with Gasteiger partial charge in [-0.05, 0) is 32.5 Å². The second kappa shape index (κ2) is 6.55. The highest BCUT2D eigenvalue weighted by atomic mass is 19.1. The molecule has 3 nitrogen and oxygen atoms in total. The molecular formula is C12H19FN2O. The summed E-state index contributed by atoms with van der Waals surface area (Å²) in [5.41, 5.74) is 0.809. The quantitative estimate of drug-likeness (QED) is 0.808. The minimum absolute atomic E-state index is 0.0213. The fourth-order valence-corrected chi connectivity index (χ4v) is 1.38. The van der Waals surface area contributed by atoms with Crippen LogP contribution < -0.4 is 5.32 Å². The average molecular weight is 226 g/mol. The molecule has 90 valence electrons. The first-order valence-electron chi connectivity index (χ1n) is 5.60. The zero-order chi connectivity index (χ0) is 12.0. The molecule has 0 aliphatic rings. The third-order valence-corrected chi connectivity index (χ3v) is 2.15. The Morgan fingerprint density at radius 3 is 2.69 bits per heavy atom. The van der Waals surface area contributed by atoms with Gasteiger partial charge < -0.3 is 10.1 Å². The lowest BCUT2D eigenvalue weighted by molar-refractivity contribution is 0.0606. The molecule has 0 saturated heterocycles. The Labute approximate surface area is 96.0 Å². The molecule has 1 unspecified atom stereocenters. The van der Waals surface area contributed by atoms with Gasteiger partial charge in [0, 0.05) is 0 Å². The summed E-state index contributed by atoms with van der Waals surface area (Å²) in [7, 11) is 0. The van der Waals surface area contributed by atoms with E-state index < -0.39 is 0 Å². The summed E-state index contributed by atoms with van der Waals surface area (Å²) in [6.07, 6.45) is 1.41. The Hall–Kier alpha value is -1.00. The molecule has 0 saturated carbocycles. The van der Waals surface area contributed by atoms with E-state index in [0.717, 1.165) is 12.2 Å². The maximum absolute atomic E-state index is 12.7. The van der Waals surface area contributed by atoms with Gasteiger partial charge in [-0.1, -0.05) is 6.92 Å². The van der Waals surface area contributed by atoms with Crippen molar-refractivity contribution >= 4 is 0 Å². The van der Waals surface area contributed by atoms with Crippen LogP contribution in [0.25, 0.3) is 0 Å². The third-order valence-electron chi connectivity index (χ3n) is 2.15. The maximum Gasteiger partial charge on any atom is 0.141 e. The fraction of sp³-hybridized carbons (Fsp3) is 0.583. The number of halogens is 1. The van der Waals surface area contributed by atoms with Crippen LogP contribution in [0.15, 0.2) is 18.3 Å². The molecule has 0 amide bonds. The van der Waals surface area contributed by atoms with Crippen molar-refractivity contribution in [1.29, 1.82) is 0 Å². The topological polar surface area (TPSA) is 34.1 Å². The molecule has 0 aliphatic carbocycles. The van der Waals surface area contributed by atoms with E-state index >= 15 is 0 Å². The van der Waals surface area contributed by atoms with E-state index in [2.05, 4.69) is 10.3 Å². The Kier molecular flexibility index (Phi) is 5.35. The Balaban J connectivity index is 2.64. The molecule has 16 heavy (non-hydrogen) atoms. The van der Waals surface area contributed by atoms with Crippen LogP contribution in [-0.4, -0.2) is 24.2 Å². The zero-order valence-corrected chi connectivity index (χ0v) is 10.0. The van der Waals surface area contributed by atoms with Gasteiger partial charge in [0.15, 0.2) is 0 Å². The molecule has 1 rings (SSSR count). The Morgan fingerprint density at radius 1 is 1.44 bits per heavy atom. The van der Waals surface area contributed by atoms with Crippen molar-refractivity contribution < 1.29 is 9.13 Å². The van der Waals surface area contributed by atoms with Crippen LogP contribution in [0, 0.1) is 5.82 Å².